The van der Waals surface area contributed by atoms with E-state index >= 15 is 0 Å². The van der Waals surface area contributed by atoms with Crippen LogP contribution in [0.15, 0.2) is 77.5 Å². The van der Waals surface area contributed by atoms with Crippen LogP contribution < -0.4 is 5.32 Å². The van der Waals surface area contributed by atoms with Crippen molar-refractivity contribution in [2.75, 3.05) is 26.2 Å². The molecule has 0 spiro atoms. The van der Waals surface area contributed by atoms with E-state index in [0.717, 1.165) is 31.5 Å². The van der Waals surface area contributed by atoms with Gasteiger partial charge in [-0.3, -0.25) is 9.59 Å². The number of carbonyl (C=O) groups is 3. The third-order valence-corrected chi connectivity index (χ3v) is 7.99. The standard InChI is InChI=1S/C28H28N2O4S/c31-24(23-13-16-35-19-23)17-30-14-11-20(12-15-30)25(18-30)34-28(33)26(21-7-3-1-4-8-21)29-27(32)22-9-5-2-6-10-22/h1-10,13,16,19-20,25-26H,11-12,14-15,17-18H2/p+1/t20?,25-,26?,30?/m0/s1. The molecule has 0 aliphatic carbocycles. The summed E-state index contributed by atoms with van der Waals surface area (Å²) in [5.41, 5.74) is 1.93. The van der Waals surface area contributed by atoms with E-state index in [1.165, 1.54) is 11.3 Å². The SMILES string of the molecule is O=C(C[N+]12CCC(CC1)[C@@H](OC(=O)C(NC(=O)c1ccccc1)c1ccccc1)C2)c1ccsc1. The molecule has 6 rings (SSSR count). The highest BCUT2D eigenvalue weighted by atomic mass is 32.1. The number of ketones is 1. The molecule has 4 heterocycles. The van der Waals surface area contributed by atoms with E-state index in [4.69, 9.17) is 4.74 Å². The summed E-state index contributed by atoms with van der Waals surface area (Å²) < 4.78 is 6.76. The predicted molar refractivity (Wildman–Crippen MR) is 134 cm³/mol. The number of piperidine rings is 3. The molecule has 3 aliphatic heterocycles. The molecule has 0 saturated carbocycles. The fraction of sp³-hybridized carbons (Fsp3) is 0.321. The van der Waals surface area contributed by atoms with E-state index in [1.807, 2.05) is 53.2 Å². The summed E-state index contributed by atoms with van der Waals surface area (Å²) in [5.74, 6) is -0.345. The Labute approximate surface area is 209 Å². The number of Topliss-reactive ketones (excluding diaryl/α,β-unsaturated/α-hetero) is 1. The highest BCUT2D eigenvalue weighted by Gasteiger charge is 2.49. The fourth-order valence-corrected chi connectivity index (χ4v) is 6.00. The second kappa shape index (κ2) is 10.1. The van der Waals surface area contributed by atoms with Crippen molar-refractivity contribution in [2.24, 2.45) is 5.92 Å². The molecule has 3 aliphatic rings. The maximum Gasteiger partial charge on any atom is 0.333 e. The van der Waals surface area contributed by atoms with Gasteiger partial charge in [0.05, 0.1) is 13.1 Å². The van der Waals surface area contributed by atoms with Crippen molar-refractivity contribution in [1.29, 1.82) is 0 Å². The molecule has 3 fully saturated rings. The molecule has 1 N–H and O–H groups in total. The quantitative estimate of drug-likeness (QED) is 0.292. The first-order chi connectivity index (χ1) is 17.0. The molecule has 0 radical (unpaired) electrons. The second-order valence-electron chi connectivity index (χ2n) is 9.56. The van der Waals surface area contributed by atoms with Crippen LogP contribution in [-0.2, 0) is 9.53 Å². The number of nitrogens with zero attached hydrogens (tertiary/aromatic N) is 1. The Morgan fingerprint density at radius 2 is 1.63 bits per heavy atom. The Morgan fingerprint density at radius 3 is 2.29 bits per heavy atom. The van der Waals surface area contributed by atoms with E-state index in [1.54, 1.807) is 24.3 Å². The number of esters is 1. The summed E-state index contributed by atoms with van der Waals surface area (Å²) >= 11 is 1.53. The minimum atomic E-state index is -0.903. The molecule has 1 unspecified atom stereocenters. The number of fused-ring (bicyclic) bond motifs is 3. The van der Waals surface area contributed by atoms with Crippen LogP contribution in [0.4, 0.5) is 0 Å². The van der Waals surface area contributed by atoms with Gasteiger partial charge in [-0.15, -0.1) is 0 Å². The molecule has 3 aromatic rings. The van der Waals surface area contributed by atoms with Gasteiger partial charge < -0.3 is 14.5 Å². The largest absolute Gasteiger partial charge is 0.454 e. The lowest BCUT2D eigenvalue weighted by atomic mass is 9.82. The molecule has 3 saturated heterocycles. The smallest absolute Gasteiger partial charge is 0.333 e. The van der Waals surface area contributed by atoms with Gasteiger partial charge in [0.1, 0.15) is 13.1 Å². The lowest BCUT2D eigenvalue weighted by Crippen LogP contribution is -2.65. The molecular formula is C28H29N2O4S+. The first-order valence-corrected chi connectivity index (χ1v) is 13.0. The van der Waals surface area contributed by atoms with Crippen LogP contribution in [0.2, 0.25) is 0 Å². The number of amides is 1. The van der Waals surface area contributed by atoms with Crippen molar-refractivity contribution in [2.45, 2.75) is 25.0 Å². The third-order valence-electron chi connectivity index (χ3n) is 7.31. The number of ether oxygens (including phenoxy) is 1. The van der Waals surface area contributed by atoms with Crippen LogP contribution in [0.25, 0.3) is 0 Å². The van der Waals surface area contributed by atoms with Crippen LogP contribution >= 0.6 is 11.3 Å². The maximum absolute atomic E-state index is 13.5. The van der Waals surface area contributed by atoms with Gasteiger partial charge in [0.25, 0.3) is 5.91 Å². The second-order valence-corrected chi connectivity index (χ2v) is 10.3. The van der Waals surface area contributed by atoms with E-state index in [9.17, 15) is 14.4 Å². The normalized spacial score (nSPS) is 23.9. The van der Waals surface area contributed by atoms with Crippen molar-refractivity contribution in [3.63, 3.8) is 0 Å². The Balaban J connectivity index is 1.31. The number of nitrogens with one attached hydrogen (secondary N) is 1. The van der Waals surface area contributed by atoms with Crippen molar-refractivity contribution < 1.29 is 23.6 Å². The lowest BCUT2D eigenvalue weighted by molar-refractivity contribution is -0.938. The van der Waals surface area contributed by atoms with Crippen molar-refractivity contribution in [3.8, 4) is 0 Å². The average Bonchev–Trinajstić information content (AvgIpc) is 3.44. The van der Waals surface area contributed by atoms with Gasteiger partial charge in [-0.05, 0) is 29.1 Å². The van der Waals surface area contributed by atoms with Gasteiger partial charge in [-0.1, -0.05) is 48.5 Å². The molecule has 1 amide bonds. The minimum absolute atomic E-state index is 0.147. The van der Waals surface area contributed by atoms with Crippen LogP contribution in [0.5, 0.6) is 0 Å². The fourth-order valence-electron chi connectivity index (χ4n) is 5.34. The van der Waals surface area contributed by atoms with Gasteiger partial charge in [0.2, 0.25) is 5.78 Å². The number of benzene rings is 2. The number of carbonyl (C=O) groups excluding carboxylic acids is 3. The molecule has 2 atom stereocenters. The zero-order valence-corrected chi connectivity index (χ0v) is 20.3. The van der Waals surface area contributed by atoms with E-state index in [2.05, 4.69) is 5.32 Å². The topological polar surface area (TPSA) is 72.5 Å². The van der Waals surface area contributed by atoms with Gasteiger partial charge >= 0.3 is 5.97 Å². The number of rotatable bonds is 8. The van der Waals surface area contributed by atoms with Gasteiger partial charge in [0.15, 0.2) is 12.1 Å². The number of hydrogen-bond acceptors (Lipinski definition) is 5. The van der Waals surface area contributed by atoms with E-state index < -0.39 is 12.0 Å². The first kappa shape index (κ1) is 23.5. The van der Waals surface area contributed by atoms with Crippen molar-refractivity contribution in [1.82, 2.24) is 5.32 Å². The Bertz CT molecular complexity index is 1170. The summed E-state index contributed by atoms with van der Waals surface area (Å²) in [6.45, 7) is 2.94. The maximum atomic E-state index is 13.5. The monoisotopic (exact) mass is 489 g/mol. The van der Waals surface area contributed by atoms with Gasteiger partial charge in [0, 0.05) is 35.3 Å². The zero-order valence-electron chi connectivity index (χ0n) is 19.5. The Hall–Kier alpha value is -3.29. The summed E-state index contributed by atoms with van der Waals surface area (Å²) in [4.78, 5) is 39.2. The van der Waals surface area contributed by atoms with Gasteiger partial charge in [-0.2, -0.15) is 11.3 Å². The zero-order chi connectivity index (χ0) is 24.3. The van der Waals surface area contributed by atoms with Crippen LogP contribution in [-0.4, -0.2) is 54.4 Å². The Morgan fingerprint density at radius 1 is 0.943 bits per heavy atom. The molecule has 7 heteroatoms. The number of hydrogen-bond donors (Lipinski definition) is 1. The van der Waals surface area contributed by atoms with Gasteiger partial charge in [-0.25, -0.2) is 4.79 Å². The first-order valence-electron chi connectivity index (χ1n) is 12.0. The minimum Gasteiger partial charge on any atom is -0.454 e. The molecule has 35 heavy (non-hydrogen) atoms. The summed E-state index contributed by atoms with van der Waals surface area (Å²) in [5, 5.41) is 6.69. The average molecular weight is 490 g/mol. The lowest BCUT2D eigenvalue weighted by Gasteiger charge is -2.51. The summed E-state index contributed by atoms with van der Waals surface area (Å²) in [7, 11) is 0. The summed E-state index contributed by atoms with van der Waals surface area (Å²) in [6, 6.07) is 19.0. The van der Waals surface area contributed by atoms with Crippen LogP contribution in [0, 0.1) is 5.92 Å². The molecule has 1 aromatic heterocycles. The third kappa shape index (κ3) is 5.21. The van der Waals surface area contributed by atoms with Crippen molar-refractivity contribution >= 4 is 29.0 Å². The van der Waals surface area contributed by atoms with Crippen LogP contribution in [0.1, 0.15) is 45.2 Å². The molecular weight excluding hydrogens is 460 g/mol. The number of thiophene rings is 1. The molecule has 180 valence electrons. The highest BCUT2D eigenvalue weighted by molar-refractivity contribution is 7.08. The predicted octanol–water partition coefficient (Wildman–Crippen LogP) is 4.25. The number of quaternary nitrogens is 1. The molecule has 2 aromatic carbocycles. The van der Waals surface area contributed by atoms with E-state index in [0.29, 0.717) is 28.7 Å². The Kier molecular flexibility index (Phi) is 6.79. The van der Waals surface area contributed by atoms with E-state index in [-0.39, 0.29) is 23.7 Å². The molecule has 2 bridgehead atoms. The highest BCUT2D eigenvalue weighted by Crippen LogP contribution is 2.36. The van der Waals surface area contributed by atoms with Crippen LogP contribution in [0.3, 0.4) is 0 Å². The molecule has 6 nitrogen and oxygen atoms in total. The van der Waals surface area contributed by atoms with Crippen molar-refractivity contribution in [3.05, 3.63) is 94.2 Å². The summed E-state index contributed by atoms with van der Waals surface area (Å²) in [6.07, 6.45) is 1.60.